The molecule has 3 aliphatic rings. The lowest BCUT2D eigenvalue weighted by molar-refractivity contribution is -0.144. The number of methoxy groups -OCH3 is 2. The largest absolute Gasteiger partial charge is 0.481 e. The SMILES string of the molecule is COc1nc(-c2cccc(-c3cccc(-c4ccc(CN5CCCC[C@H]5C(=O)O)c(OC)n4)c3Cl)c2Cl)ccc1CN1CC2(CCC(=O)N2)C1. The van der Waals surface area contributed by atoms with E-state index in [1.807, 2.05) is 65.6 Å². The molecule has 0 unspecified atom stereocenters. The molecule has 3 aliphatic heterocycles. The van der Waals surface area contributed by atoms with Crippen molar-refractivity contribution in [2.45, 2.75) is 56.8 Å². The highest BCUT2D eigenvalue weighted by Gasteiger charge is 2.47. The van der Waals surface area contributed by atoms with Crippen LogP contribution in [0.1, 0.15) is 43.2 Å². The molecule has 0 radical (unpaired) electrons. The summed E-state index contributed by atoms with van der Waals surface area (Å²) in [4.78, 5) is 37.5. The van der Waals surface area contributed by atoms with E-state index in [0.717, 1.165) is 60.2 Å². The van der Waals surface area contributed by atoms with Gasteiger partial charge in [0.15, 0.2) is 0 Å². The highest BCUT2D eigenvalue weighted by molar-refractivity contribution is 6.39. The fourth-order valence-corrected chi connectivity index (χ4v) is 8.21. The number of nitrogens with zero attached hydrogens (tertiary/aromatic N) is 4. The lowest BCUT2D eigenvalue weighted by atomic mass is 9.88. The van der Waals surface area contributed by atoms with Crippen LogP contribution >= 0.6 is 23.2 Å². The van der Waals surface area contributed by atoms with Gasteiger partial charge in [0, 0.05) is 66.0 Å². The topological polar surface area (TPSA) is 117 Å². The summed E-state index contributed by atoms with van der Waals surface area (Å²) < 4.78 is 11.4. The van der Waals surface area contributed by atoms with Gasteiger partial charge in [-0.2, -0.15) is 0 Å². The first kappa shape index (κ1) is 34.2. The van der Waals surface area contributed by atoms with Crippen molar-refractivity contribution in [1.82, 2.24) is 25.1 Å². The first-order valence-electron chi connectivity index (χ1n) is 16.8. The quantitative estimate of drug-likeness (QED) is 0.185. The van der Waals surface area contributed by atoms with Crippen molar-refractivity contribution in [1.29, 1.82) is 0 Å². The van der Waals surface area contributed by atoms with Crippen LogP contribution in [0.4, 0.5) is 0 Å². The summed E-state index contributed by atoms with van der Waals surface area (Å²) in [7, 11) is 3.18. The minimum absolute atomic E-state index is 0.0871. The Labute approximate surface area is 301 Å². The van der Waals surface area contributed by atoms with Gasteiger partial charge in [0.05, 0.1) is 41.2 Å². The molecule has 1 amide bonds. The zero-order valence-electron chi connectivity index (χ0n) is 28.0. The van der Waals surface area contributed by atoms with Gasteiger partial charge in [0.2, 0.25) is 17.7 Å². The summed E-state index contributed by atoms with van der Waals surface area (Å²) in [6.07, 6.45) is 3.97. The van der Waals surface area contributed by atoms with Crippen molar-refractivity contribution in [3.8, 4) is 45.4 Å². The minimum Gasteiger partial charge on any atom is -0.481 e. The number of pyridine rings is 2. The number of benzene rings is 2. The second-order valence-corrected chi connectivity index (χ2v) is 14.1. The molecule has 50 heavy (non-hydrogen) atoms. The first-order chi connectivity index (χ1) is 24.2. The molecule has 7 rings (SSSR count). The molecule has 0 saturated carbocycles. The monoisotopic (exact) mass is 715 g/mol. The van der Waals surface area contributed by atoms with Crippen molar-refractivity contribution in [2.75, 3.05) is 33.9 Å². The summed E-state index contributed by atoms with van der Waals surface area (Å²) in [6.45, 7) is 3.45. The van der Waals surface area contributed by atoms with Crippen molar-refractivity contribution in [2.24, 2.45) is 0 Å². The maximum atomic E-state index is 11.9. The van der Waals surface area contributed by atoms with E-state index in [1.165, 1.54) is 0 Å². The number of aliphatic carboxylic acids is 1. The highest BCUT2D eigenvalue weighted by Crippen LogP contribution is 2.43. The lowest BCUT2D eigenvalue weighted by Gasteiger charge is -2.48. The Hall–Kier alpha value is -4.22. The van der Waals surface area contributed by atoms with Crippen LogP contribution in [0.3, 0.4) is 0 Å². The molecule has 1 atom stereocenters. The average Bonchev–Trinajstić information content (AvgIpc) is 3.50. The lowest BCUT2D eigenvalue weighted by Crippen LogP contribution is -2.66. The van der Waals surface area contributed by atoms with Gasteiger partial charge >= 0.3 is 5.97 Å². The summed E-state index contributed by atoms with van der Waals surface area (Å²) >= 11 is 14.2. The molecule has 2 N–H and O–H groups in total. The maximum Gasteiger partial charge on any atom is 0.320 e. The van der Waals surface area contributed by atoms with E-state index in [0.29, 0.717) is 71.2 Å². The van der Waals surface area contributed by atoms with Gasteiger partial charge in [0.1, 0.15) is 6.04 Å². The predicted octanol–water partition coefficient (Wildman–Crippen LogP) is 6.71. The Bertz CT molecular complexity index is 1950. The molecule has 1 spiro atoms. The molecule has 3 fully saturated rings. The van der Waals surface area contributed by atoms with Crippen LogP contribution in [0, 0.1) is 0 Å². The average molecular weight is 717 g/mol. The van der Waals surface area contributed by atoms with Gasteiger partial charge in [-0.1, -0.05) is 78.2 Å². The number of rotatable bonds is 10. The van der Waals surface area contributed by atoms with Crippen molar-refractivity contribution in [3.05, 3.63) is 81.8 Å². The third-order valence-corrected chi connectivity index (χ3v) is 10.9. The number of hydrogen-bond acceptors (Lipinski definition) is 8. The third kappa shape index (κ3) is 6.65. The normalized spacial score (nSPS) is 18.9. The third-order valence-electron chi connectivity index (χ3n) is 10.1. The van der Waals surface area contributed by atoms with Crippen molar-refractivity contribution in [3.63, 3.8) is 0 Å². The van der Waals surface area contributed by atoms with E-state index in [-0.39, 0.29) is 11.4 Å². The minimum atomic E-state index is -0.802. The molecule has 5 heterocycles. The molecule has 10 nitrogen and oxygen atoms in total. The number of nitrogens with one attached hydrogen (secondary N) is 1. The molecule has 0 aliphatic carbocycles. The maximum absolute atomic E-state index is 11.9. The Morgan fingerprint density at radius 2 is 1.42 bits per heavy atom. The van der Waals surface area contributed by atoms with Crippen LogP contribution in [0.5, 0.6) is 11.8 Å². The summed E-state index contributed by atoms with van der Waals surface area (Å²) in [5, 5.41) is 13.9. The highest BCUT2D eigenvalue weighted by atomic mass is 35.5. The summed E-state index contributed by atoms with van der Waals surface area (Å²) in [5.41, 5.74) is 5.95. The Balaban J connectivity index is 1.13. The molecule has 2 aromatic carbocycles. The van der Waals surface area contributed by atoms with Gasteiger partial charge in [-0.15, -0.1) is 0 Å². The predicted molar refractivity (Wildman–Crippen MR) is 193 cm³/mol. The fourth-order valence-electron chi connectivity index (χ4n) is 7.56. The molecule has 0 bridgehead atoms. The van der Waals surface area contributed by atoms with Crippen LogP contribution in [-0.2, 0) is 22.7 Å². The van der Waals surface area contributed by atoms with Crippen molar-refractivity contribution < 1.29 is 24.2 Å². The Morgan fingerprint density at radius 3 is 1.94 bits per heavy atom. The van der Waals surface area contributed by atoms with Crippen molar-refractivity contribution >= 4 is 35.1 Å². The summed E-state index contributed by atoms with van der Waals surface area (Å²) in [5.74, 6) is 0.292. The second-order valence-electron chi connectivity index (χ2n) is 13.4. The number of halogens is 2. The van der Waals surface area contributed by atoms with E-state index < -0.39 is 12.0 Å². The first-order valence-corrected chi connectivity index (χ1v) is 17.6. The van der Waals surface area contributed by atoms with Gasteiger partial charge in [0.25, 0.3) is 0 Å². The second kappa shape index (κ2) is 14.2. The smallest absolute Gasteiger partial charge is 0.320 e. The van der Waals surface area contributed by atoms with E-state index in [4.69, 9.17) is 42.6 Å². The number of carboxylic acid groups (broad SMARTS) is 1. The number of hydrogen-bond donors (Lipinski definition) is 2. The van der Waals surface area contributed by atoms with E-state index in [1.54, 1.807) is 14.2 Å². The number of carboxylic acids is 1. The standard InChI is InChI=1S/C38H39Cl2N5O5/c1-49-35-23(19-44-21-38(22-44)17-16-32(46)43-38)12-14-29(41-35)27-9-5-7-25(33(27)39)26-8-6-10-28(34(26)40)30-15-13-24(36(42-30)50-2)20-45-18-4-3-11-31(45)37(47)48/h5-10,12-15,31H,3-4,11,16-22H2,1-2H3,(H,43,46)(H,47,48)/t31-/m0/s1. The zero-order chi connectivity index (χ0) is 35.0. The van der Waals surface area contributed by atoms with Gasteiger partial charge in [-0.05, 0) is 37.9 Å². The number of amides is 1. The number of ether oxygens (including phenoxy) is 2. The Kier molecular flexibility index (Phi) is 9.72. The van der Waals surface area contributed by atoms with Gasteiger partial charge < -0.3 is 19.9 Å². The molecular formula is C38H39Cl2N5O5. The van der Waals surface area contributed by atoms with Crippen LogP contribution in [0.25, 0.3) is 33.6 Å². The number of likely N-dealkylation sites (tertiary alicyclic amines) is 2. The molecule has 3 saturated heterocycles. The van der Waals surface area contributed by atoms with E-state index >= 15 is 0 Å². The van der Waals surface area contributed by atoms with Crippen LogP contribution < -0.4 is 14.8 Å². The zero-order valence-corrected chi connectivity index (χ0v) is 29.6. The number of piperidine rings is 1. The number of carbonyl (C=O) groups is 2. The molecule has 2 aromatic heterocycles. The van der Waals surface area contributed by atoms with Crippen LogP contribution in [0.15, 0.2) is 60.7 Å². The van der Waals surface area contributed by atoms with Crippen LogP contribution in [0.2, 0.25) is 10.0 Å². The molecule has 260 valence electrons. The Morgan fingerprint density at radius 1 is 0.860 bits per heavy atom. The van der Waals surface area contributed by atoms with E-state index in [9.17, 15) is 14.7 Å². The van der Waals surface area contributed by atoms with Gasteiger partial charge in [-0.3, -0.25) is 19.4 Å². The fraction of sp³-hybridized carbons (Fsp3) is 0.368. The van der Waals surface area contributed by atoms with Gasteiger partial charge in [-0.25, -0.2) is 9.97 Å². The van der Waals surface area contributed by atoms with E-state index in [2.05, 4.69) is 10.2 Å². The summed E-state index contributed by atoms with van der Waals surface area (Å²) in [6, 6.07) is 18.8. The molecule has 4 aromatic rings. The number of carbonyl (C=O) groups excluding carboxylic acids is 1. The molecular weight excluding hydrogens is 677 g/mol. The van der Waals surface area contributed by atoms with Crippen LogP contribution in [-0.4, -0.2) is 82.2 Å². The molecule has 12 heteroatoms. The number of aromatic nitrogens is 2.